The van der Waals surface area contributed by atoms with Crippen LogP contribution < -0.4 is 0 Å². The number of carbonyl (C=O) groups is 2. The molecule has 0 radical (unpaired) electrons. The van der Waals surface area contributed by atoms with Gasteiger partial charge in [-0.2, -0.15) is 0 Å². The molecule has 1 aromatic carbocycles. The van der Waals surface area contributed by atoms with Crippen LogP contribution in [0.3, 0.4) is 0 Å². The summed E-state index contributed by atoms with van der Waals surface area (Å²) in [5, 5.41) is 1.06. The maximum absolute atomic E-state index is 12.4. The molecule has 0 spiro atoms. The monoisotopic (exact) mass is 327 g/mol. The number of allylic oxidation sites excluding steroid dienone is 1. The number of methoxy groups -OCH3 is 1. The first-order chi connectivity index (χ1) is 11.4. The van der Waals surface area contributed by atoms with Crippen LogP contribution in [0.1, 0.15) is 19.4 Å². The van der Waals surface area contributed by atoms with E-state index < -0.39 is 5.97 Å². The Morgan fingerprint density at radius 3 is 2.83 bits per heavy atom. The average Bonchev–Trinajstić information content (AvgIpc) is 2.90. The molecule has 1 N–H and O–H groups in total. The van der Waals surface area contributed by atoms with Crippen LogP contribution in [-0.4, -0.2) is 24.0 Å². The highest BCUT2D eigenvalue weighted by Crippen LogP contribution is 2.59. The van der Waals surface area contributed by atoms with Gasteiger partial charge in [0.2, 0.25) is 0 Å². The first-order valence-electron chi connectivity index (χ1n) is 7.93. The molecule has 1 fully saturated rings. The molecule has 0 unspecified atom stereocenters. The zero-order valence-electron chi connectivity index (χ0n) is 14.0. The number of ether oxygens (including phenoxy) is 2. The minimum absolute atomic E-state index is 0.00727. The van der Waals surface area contributed by atoms with Crippen LogP contribution >= 0.6 is 0 Å². The largest absolute Gasteiger partial charge is 0.466 e. The zero-order valence-corrected chi connectivity index (χ0v) is 14.0. The molecular weight excluding hydrogens is 306 g/mol. The van der Waals surface area contributed by atoms with Crippen molar-refractivity contribution in [2.45, 2.75) is 20.5 Å². The molecule has 2 atom stereocenters. The van der Waals surface area contributed by atoms with Gasteiger partial charge in [-0.25, -0.2) is 4.79 Å². The highest BCUT2D eigenvalue weighted by molar-refractivity contribution is 5.84. The van der Waals surface area contributed by atoms with Crippen LogP contribution in [-0.2, 0) is 25.7 Å². The van der Waals surface area contributed by atoms with E-state index in [2.05, 4.69) is 9.72 Å². The molecule has 0 aliphatic heterocycles. The Hall–Kier alpha value is -2.56. The molecule has 24 heavy (non-hydrogen) atoms. The van der Waals surface area contributed by atoms with E-state index in [1.54, 1.807) is 6.08 Å². The lowest BCUT2D eigenvalue weighted by Gasteiger charge is -2.07. The molecule has 3 rings (SSSR count). The van der Waals surface area contributed by atoms with Gasteiger partial charge in [0, 0.05) is 23.2 Å². The van der Waals surface area contributed by atoms with Gasteiger partial charge >= 0.3 is 11.9 Å². The van der Waals surface area contributed by atoms with Crippen molar-refractivity contribution in [2.75, 3.05) is 7.11 Å². The maximum Gasteiger partial charge on any atom is 0.330 e. The van der Waals surface area contributed by atoms with Crippen molar-refractivity contribution in [3.05, 3.63) is 48.2 Å². The molecule has 0 amide bonds. The number of hydrogen-bond donors (Lipinski definition) is 1. The van der Waals surface area contributed by atoms with Crippen molar-refractivity contribution in [3.8, 4) is 0 Å². The van der Waals surface area contributed by atoms with Gasteiger partial charge in [-0.1, -0.05) is 32.1 Å². The summed E-state index contributed by atoms with van der Waals surface area (Å²) in [6.07, 6.45) is 4.98. The van der Waals surface area contributed by atoms with Crippen molar-refractivity contribution >= 4 is 22.8 Å². The lowest BCUT2D eigenvalue weighted by molar-refractivity contribution is -0.147. The standard InChI is InChI=1S/C19H21NO4/c1-19(2)14(7-8-16(21)23-3)17(19)18(22)24-11-12-5-4-6-15-13(12)9-10-20-15/h4-10,14,17,20H,11H2,1-3H3/t14-,17-/m0/s1. The molecule has 2 aromatic rings. The minimum Gasteiger partial charge on any atom is -0.466 e. The Bertz CT molecular complexity index is 803. The summed E-state index contributed by atoms with van der Waals surface area (Å²) in [6, 6.07) is 7.85. The first kappa shape index (κ1) is 16.3. The van der Waals surface area contributed by atoms with Gasteiger partial charge < -0.3 is 14.5 Å². The molecule has 1 aromatic heterocycles. The van der Waals surface area contributed by atoms with E-state index in [4.69, 9.17) is 4.74 Å². The molecule has 1 heterocycles. The third-order valence-electron chi connectivity index (χ3n) is 4.86. The van der Waals surface area contributed by atoms with Crippen LogP contribution in [0.2, 0.25) is 0 Å². The average molecular weight is 327 g/mol. The van der Waals surface area contributed by atoms with Gasteiger partial charge in [0.05, 0.1) is 13.0 Å². The number of aromatic amines is 1. The molecule has 5 nitrogen and oxygen atoms in total. The minimum atomic E-state index is -0.413. The summed E-state index contributed by atoms with van der Waals surface area (Å²) in [6.45, 7) is 4.24. The Balaban J connectivity index is 1.64. The highest BCUT2D eigenvalue weighted by Gasteiger charge is 2.61. The van der Waals surface area contributed by atoms with Gasteiger partial charge in [-0.3, -0.25) is 4.79 Å². The van der Waals surface area contributed by atoms with E-state index in [1.165, 1.54) is 13.2 Å². The number of benzene rings is 1. The van der Waals surface area contributed by atoms with Crippen LogP contribution in [0.5, 0.6) is 0 Å². The van der Waals surface area contributed by atoms with E-state index in [1.807, 2.05) is 44.3 Å². The normalized spacial score (nSPS) is 21.8. The van der Waals surface area contributed by atoms with Crippen molar-refractivity contribution in [1.29, 1.82) is 0 Å². The number of esters is 2. The smallest absolute Gasteiger partial charge is 0.330 e. The molecule has 5 heteroatoms. The molecular formula is C19H21NO4. The molecule has 1 aliphatic rings. The Morgan fingerprint density at radius 1 is 1.29 bits per heavy atom. The van der Waals surface area contributed by atoms with E-state index in [-0.39, 0.29) is 29.8 Å². The molecule has 0 saturated heterocycles. The highest BCUT2D eigenvalue weighted by atomic mass is 16.5. The molecule has 126 valence electrons. The third kappa shape index (κ3) is 2.94. The van der Waals surface area contributed by atoms with Crippen molar-refractivity contribution < 1.29 is 19.1 Å². The lowest BCUT2D eigenvalue weighted by Crippen LogP contribution is -2.10. The number of hydrogen-bond acceptors (Lipinski definition) is 4. The molecule has 1 saturated carbocycles. The number of carbonyl (C=O) groups excluding carboxylic acids is 2. The SMILES string of the molecule is COC(=O)C=C[C@H]1[C@@H](C(=O)OCc2cccc3[nH]ccc23)C1(C)C. The van der Waals surface area contributed by atoms with Crippen molar-refractivity contribution in [1.82, 2.24) is 4.98 Å². The fraction of sp³-hybridized carbons (Fsp3) is 0.368. The predicted octanol–water partition coefficient (Wildman–Crippen LogP) is 3.21. The van der Waals surface area contributed by atoms with E-state index in [0.717, 1.165) is 16.5 Å². The second-order valence-electron chi connectivity index (χ2n) is 6.67. The second kappa shape index (κ2) is 6.15. The lowest BCUT2D eigenvalue weighted by atomic mass is 10.1. The van der Waals surface area contributed by atoms with Crippen LogP contribution in [0.25, 0.3) is 10.9 Å². The molecule has 0 bridgehead atoms. The topological polar surface area (TPSA) is 68.4 Å². The predicted molar refractivity (Wildman–Crippen MR) is 90.0 cm³/mol. The summed E-state index contributed by atoms with van der Waals surface area (Å²) in [7, 11) is 1.33. The van der Waals surface area contributed by atoms with Gasteiger partial charge in [-0.15, -0.1) is 0 Å². The zero-order chi connectivity index (χ0) is 17.3. The summed E-state index contributed by atoms with van der Waals surface area (Å²) in [4.78, 5) is 26.8. The van der Waals surface area contributed by atoms with Crippen molar-refractivity contribution in [2.24, 2.45) is 17.3 Å². The van der Waals surface area contributed by atoms with Crippen LogP contribution in [0.4, 0.5) is 0 Å². The van der Waals surface area contributed by atoms with E-state index >= 15 is 0 Å². The fourth-order valence-electron chi connectivity index (χ4n) is 3.25. The summed E-state index contributed by atoms with van der Waals surface area (Å²) >= 11 is 0. The second-order valence-corrected chi connectivity index (χ2v) is 6.67. The van der Waals surface area contributed by atoms with Gasteiger partial charge in [0.25, 0.3) is 0 Å². The maximum atomic E-state index is 12.4. The quantitative estimate of drug-likeness (QED) is 0.676. The van der Waals surface area contributed by atoms with E-state index in [0.29, 0.717) is 0 Å². The number of rotatable bonds is 5. The number of H-pyrrole nitrogens is 1. The number of aromatic nitrogens is 1. The number of fused-ring (bicyclic) bond motifs is 1. The summed E-state index contributed by atoms with van der Waals surface area (Å²) in [5.74, 6) is -0.882. The Labute approximate surface area is 140 Å². The van der Waals surface area contributed by atoms with Crippen molar-refractivity contribution in [3.63, 3.8) is 0 Å². The van der Waals surface area contributed by atoms with Gasteiger partial charge in [0.1, 0.15) is 6.61 Å². The first-order valence-corrected chi connectivity index (χ1v) is 7.93. The van der Waals surface area contributed by atoms with Gasteiger partial charge in [0.15, 0.2) is 0 Å². The van der Waals surface area contributed by atoms with Crippen LogP contribution in [0, 0.1) is 17.3 Å². The summed E-state index contributed by atoms with van der Waals surface area (Å²) in [5.41, 5.74) is 1.79. The fourth-order valence-corrected chi connectivity index (χ4v) is 3.25. The number of nitrogens with one attached hydrogen (secondary N) is 1. The Kier molecular flexibility index (Phi) is 4.18. The van der Waals surface area contributed by atoms with Gasteiger partial charge in [-0.05, 0) is 29.0 Å². The summed E-state index contributed by atoms with van der Waals surface area (Å²) < 4.78 is 10.1. The molecule has 1 aliphatic carbocycles. The Morgan fingerprint density at radius 2 is 2.08 bits per heavy atom. The third-order valence-corrected chi connectivity index (χ3v) is 4.86. The van der Waals surface area contributed by atoms with Crippen LogP contribution in [0.15, 0.2) is 42.6 Å². The van der Waals surface area contributed by atoms with E-state index in [9.17, 15) is 9.59 Å².